The Morgan fingerprint density at radius 3 is 1.48 bits per heavy atom. The molecule has 0 spiro atoms. The summed E-state index contributed by atoms with van der Waals surface area (Å²) in [4.78, 5) is 12.2. The molecule has 0 heterocycles. The zero-order valence-electron chi connectivity index (χ0n) is 48.8. The van der Waals surface area contributed by atoms with Crippen LogP contribution in [-0.2, 0) is 27.6 Å². The minimum atomic E-state index is -4.21. The highest BCUT2D eigenvalue weighted by atomic mass is 35.7. The van der Waals surface area contributed by atoms with E-state index >= 15 is 0 Å². The third kappa shape index (κ3) is 7.41. The molecule has 8 nitrogen and oxygen atoms in total. The highest BCUT2D eigenvalue weighted by Crippen LogP contribution is 2.79. The Labute approximate surface area is 484 Å². The molecule has 12 aliphatic rings. The molecule has 17 rings (SSSR count). The van der Waals surface area contributed by atoms with Crippen molar-refractivity contribution in [3.8, 4) is 11.5 Å². The molecule has 426 valence electrons. The summed E-state index contributed by atoms with van der Waals surface area (Å²) in [5, 5.41) is 7.10. The fraction of sp³-hybridized carbons (Fsp3) is 0.544. The molecular weight excluding hydrogens is 1080 g/mol. The lowest BCUT2D eigenvalue weighted by Crippen LogP contribution is -2.34. The zero-order valence-corrected chi connectivity index (χ0v) is 52.0. The Bertz CT molecular complexity index is 3670. The Morgan fingerprint density at radius 1 is 0.550 bits per heavy atom. The summed E-state index contributed by atoms with van der Waals surface area (Å²) in [5.74, 6) is 9.33. The van der Waals surface area contributed by atoms with Crippen molar-refractivity contribution in [3.05, 3.63) is 133 Å². The number of allylic oxidation sites excluding steroid dienone is 4. The van der Waals surface area contributed by atoms with Gasteiger partial charge in [-0.2, -0.15) is 0 Å². The molecule has 8 bridgehead atoms. The fourth-order valence-corrected chi connectivity index (χ4v) is 21.8. The zero-order chi connectivity index (χ0) is 57.0. The van der Waals surface area contributed by atoms with E-state index in [9.17, 15) is 21.6 Å². The van der Waals surface area contributed by atoms with Gasteiger partial charge in [-0.05, 0) is 268 Å². The van der Waals surface area contributed by atoms with Crippen LogP contribution in [0.15, 0.2) is 65.8 Å². The molecule has 12 heteroatoms. The summed E-state index contributed by atoms with van der Waals surface area (Å²) in [6, 6.07) is 17.9. The smallest absolute Gasteiger partial charge is 0.308 e. The third-order valence-corrected chi connectivity index (χ3v) is 28.1. The van der Waals surface area contributed by atoms with Crippen molar-refractivity contribution >= 4 is 72.6 Å². The quantitative estimate of drug-likeness (QED) is 0.0653. The van der Waals surface area contributed by atoms with Crippen molar-refractivity contribution in [1.82, 2.24) is 0 Å². The summed E-state index contributed by atoms with van der Waals surface area (Å²) in [6.07, 6.45) is 16.9. The van der Waals surface area contributed by atoms with E-state index in [1.54, 1.807) is 52.5 Å². The van der Waals surface area contributed by atoms with Gasteiger partial charge in [0.25, 0.3) is 18.1 Å². The van der Waals surface area contributed by atoms with Gasteiger partial charge in [0, 0.05) is 59.8 Å². The van der Waals surface area contributed by atoms with Gasteiger partial charge in [-0.15, -0.1) is 0 Å². The van der Waals surface area contributed by atoms with Crippen molar-refractivity contribution in [2.75, 3.05) is 20.8 Å². The molecule has 0 amide bonds. The maximum Gasteiger partial charge on any atom is 0.308 e. The molecule has 13 atom stereocenters. The van der Waals surface area contributed by atoms with Gasteiger partial charge < -0.3 is 14.2 Å². The molecule has 5 aromatic carbocycles. The van der Waals surface area contributed by atoms with E-state index in [0.29, 0.717) is 41.3 Å². The first-order valence-electron chi connectivity index (χ1n) is 30.5. The van der Waals surface area contributed by atoms with Gasteiger partial charge in [0.15, 0.2) is 4.08 Å². The van der Waals surface area contributed by atoms with Gasteiger partial charge in [0.1, 0.15) is 11.5 Å². The third-order valence-electron chi connectivity index (χ3n) is 21.6. The Morgan fingerprint density at radius 2 is 0.988 bits per heavy atom. The average Bonchev–Trinajstić information content (AvgIpc) is 1.55. The first-order chi connectivity index (χ1) is 38.5. The number of hydrogen-bond acceptors (Lipinski definition) is 8. The van der Waals surface area contributed by atoms with Crippen LogP contribution in [0.4, 0.5) is 0 Å². The molecule has 0 N–H and O–H groups in total. The molecule has 0 saturated heterocycles. The highest BCUT2D eigenvalue weighted by Gasteiger charge is 2.63. The number of esters is 1. The molecule has 80 heavy (non-hydrogen) atoms. The molecule has 0 aliphatic heterocycles. The summed E-state index contributed by atoms with van der Waals surface area (Å²) in [6.45, 7) is 18.1. The average molecular weight is 1160 g/mol. The number of fused-ring (bicyclic) bond motifs is 4. The Balaban J connectivity index is 0.000000266. The lowest BCUT2D eigenvalue weighted by atomic mass is 9.63. The predicted molar refractivity (Wildman–Crippen MR) is 325 cm³/mol. The molecule has 13 unspecified atom stereocenters. The van der Waals surface area contributed by atoms with E-state index in [2.05, 4.69) is 59.3 Å². The van der Waals surface area contributed by atoms with Gasteiger partial charge in [-0.1, -0.05) is 77.5 Å². The lowest BCUT2D eigenvalue weighted by Gasteiger charge is -2.41. The topological polar surface area (TPSA) is 113 Å². The maximum atomic E-state index is 12.2. The van der Waals surface area contributed by atoms with Crippen molar-refractivity contribution in [2.24, 2.45) is 23.7 Å². The van der Waals surface area contributed by atoms with Gasteiger partial charge in [-0.25, -0.2) is 16.8 Å². The van der Waals surface area contributed by atoms with Gasteiger partial charge in [0.2, 0.25) is 0 Å². The van der Waals surface area contributed by atoms with E-state index in [0.717, 1.165) is 55.8 Å². The lowest BCUT2D eigenvalue weighted by molar-refractivity contribution is -0.131. The summed E-state index contributed by atoms with van der Waals surface area (Å²) < 4.78 is 56.3. The number of ether oxygens (including phenoxy) is 3. The minimum Gasteiger partial charge on any atom is -0.497 e. The largest absolute Gasteiger partial charge is 0.497 e. The number of benzene rings is 5. The molecular formula is C68H80Cl2O8S2. The summed E-state index contributed by atoms with van der Waals surface area (Å²) >= 11 is 0. The van der Waals surface area contributed by atoms with Crippen molar-refractivity contribution in [3.63, 3.8) is 0 Å². The number of rotatable bonds is 8. The van der Waals surface area contributed by atoms with E-state index < -0.39 is 22.2 Å². The first kappa shape index (κ1) is 56.3. The van der Waals surface area contributed by atoms with Crippen LogP contribution in [0.25, 0.3) is 27.1 Å². The van der Waals surface area contributed by atoms with Crippen LogP contribution in [0.5, 0.6) is 11.5 Å². The molecule has 0 radical (unpaired) electrons. The van der Waals surface area contributed by atoms with Crippen LogP contribution in [0.1, 0.15) is 253 Å². The van der Waals surface area contributed by atoms with Crippen LogP contribution < -0.4 is 9.47 Å². The van der Waals surface area contributed by atoms with Crippen LogP contribution in [0.2, 0.25) is 0 Å². The summed E-state index contributed by atoms with van der Waals surface area (Å²) in [7, 11) is 4.69. The maximum absolute atomic E-state index is 12.2. The van der Waals surface area contributed by atoms with E-state index in [-0.39, 0.29) is 17.8 Å². The molecule has 0 aromatic heterocycles. The Hall–Kier alpha value is -4.19. The van der Waals surface area contributed by atoms with E-state index in [1.165, 1.54) is 82.3 Å². The molecule has 1 fully saturated rings. The van der Waals surface area contributed by atoms with Gasteiger partial charge >= 0.3 is 5.97 Å². The van der Waals surface area contributed by atoms with Crippen molar-refractivity contribution in [2.45, 2.75) is 191 Å². The second-order valence-electron chi connectivity index (χ2n) is 24.3. The van der Waals surface area contributed by atoms with Crippen LogP contribution >= 0.6 is 21.4 Å². The van der Waals surface area contributed by atoms with Gasteiger partial charge in [-0.3, -0.25) is 4.79 Å². The Kier molecular flexibility index (Phi) is 14.3. The predicted octanol–water partition coefficient (Wildman–Crippen LogP) is 17.6. The molecule has 5 aromatic rings. The highest BCUT2D eigenvalue weighted by molar-refractivity contribution is 8.29. The normalized spacial score (nSPS) is 29.4. The monoisotopic (exact) mass is 1160 g/mol. The fourth-order valence-electron chi connectivity index (χ4n) is 19.1. The SMILES string of the molecule is CC.CC.CC.CC(C)(S(=O)(=O)Cl)S(=O)(=O)Cl.CCOC.COc1ccc(C(c2ccc(OC(C)=O)cc2)C2c3c4c5c6c7c8c9c%10c%11c%12c(c2c%10c37)C2C3=CC7=C4C4CCC7C3CCC2C%12CCC%11C9CCC8C6CCC54)cc1. The summed E-state index contributed by atoms with van der Waals surface area (Å²) in [5.41, 5.74) is 26.7. The molecule has 12 aliphatic carbocycles. The number of hydrogen-bond donors (Lipinski definition) is 0. The number of carbonyl (C=O) groups is 1. The second-order valence-corrected chi connectivity index (χ2v) is 30.8. The molecule has 1 saturated carbocycles. The van der Waals surface area contributed by atoms with Crippen LogP contribution in [0.3, 0.4) is 0 Å². The number of halogens is 2. The second kappa shape index (κ2) is 20.3. The van der Waals surface area contributed by atoms with E-state index in [1.807, 2.05) is 104 Å². The van der Waals surface area contributed by atoms with Crippen LogP contribution in [0, 0.1) is 23.7 Å². The van der Waals surface area contributed by atoms with Gasteiger partial charge in [0.05, 0.1) is 7.11 Å². The number of methoxy groups -OCH3 is 2. The minimum absolute atomic E-state index is 0.115. The number of carbonyl (C=O) groups excluding carboxylic acids is 1. The standard InChI is InChI=1S/C56H48O3.C3H6Cl2O4S2.C3H8O.3C2H6/c1-22(57)59-26-9-5-24(6-10-26)39(23-3-7-25(58-2)8-4-23)48-53-49-40-29-13-11-27-28-12-14-30-32-16-18-34-36-20-19-35-33-17-15-31(29)42(49)44(33)51-46(35)47(36)52-45(34)43(32)50(54(48)56(52)55(51)53)41(30)38(28)21-37(27)40;1-3(2,10(4,6)7)11(5,8)9;1-3-4-2;3*1-2/h3-10,21,27-36,39-40,48H,11-20H2,1-2H3;1-2H3;3H2,1-2H3;3*1-2H3. The van der Waals surface area contributed by atoms with Crippen molar-refractivity contribution in [1.29, 1.82) is 0 Å². The van der Waals surface area contributed by atoms with Crippen molar-refractivity contribution < 1.29 is 35.8 Å². The van der Waals surface area contributed by atoms with E-state index in [4.69, 9.17) is 30.8 Å². The first-order valence-corrected chi connectivity index (χ1v) is 35.1. The van der Waals surface area contributed by atoms with Crippen LogP contribution in [-0.4, -0.2) is 47.7 Å².